The minimum atomic E-state index is -0.0971. The molecule has 3 atom stereocenters. The van der Waals surface area contributed by atoms with E-state index in [1.54, 1.807) is 19.0 Å². The Kier molecular flexibility index (Phi) is 4.70. The Labute approximate surface area is 97.5 Å². The van der Waals surface area contributed by atoms with Crippen molar-refractivity contribution >= 4 is 5.91 Å². The smallest absolute Gasteiger partial charge is 0.239 e. The Morgan fingerprint density at radius 1 is 1.50 bits per heavy atom. The molecule has 0 aromatic heterocycles. The van der Waals surface area contributed by atoms with Crippen molar-refractivity contribution in [3.8, 4) is 0 Å². The molecule has 16 heavy (non-hydrogen) atoms. The van der Waals surface area contributed by atoms with E-state index in [9.17, 15) is 4.79 Å². The van der Waals surface area contributed by atoms with Crippen LogP contribution < -0.4 is 5.73 Å². The van der Waals surface area contributed by atoms with Crippen molar-refractivity contribution < 1.29 is 9.53 Å². The lowest BCUT2D eigenvalue weighted by Crippen LogP contribution is -2.55. The Morgan fingerprint density at radius 2 is 2.12 bits per heavy atom. The van der Waals surface area contributed by atoms with Crippen molar-refractivity contribution in [3.05, 3.63) is 0 Å². The van der Waals surface area contributed by atoms with Gasteiger partial charge in [-0.15, -0.1) is 0 Å². The number of rotatable bonds is 3. The second kappa shape index (κ2) is 5.61. The first kappa shape index (κ1) is 13.4. The van der Waals surface area contributed by atoms with E-state index in [1.165, 1.54) is 0 Å². The molecule has 0 bridgehead atoms. The number of hydrogen-bond donors (Lipinski definition) is 1. The van der Waals surface area contributed by atoms with Crippen LogP contribution in [0.4, 0.5) is 0 Å². The normalized spacial score (nSPS) is 26.2. The maximum atomic E-state index is 11.8. The van der Waals surface area contributed by atoms with Crippen LogP contribution in [0.15, 0.2) is 0 Å². The molecule has 5 nitrogen and oxygen atoms in total. The molecule has 1 rings (SSSR count). The van der Waals surface area contributed by atoms with Gasteiger partial charge in [0.25, 0.3) is 0 Å². The summed E-state index contributed by atoms with van der Waals surface area (Å²) in [7, 11) is 3.56. The van der Waals surface area contributed by atoms with Gasteiger partial charge < -0.3 is 15.4 Å². The molecule has 1 aliphatic heterocycles. The van der Waals surface area contributed by atoms with Crippen LogP contribution >= 0.6 is 0 Å². The van der Waals surface area contributed by atoms with Gasteiger partial charge in [-0.1, -0.05) is 0 Å². The molecular formula is C11H23N3O2. The molecule has 0 spiro atoms. The zero-order valence-corrected chi connectivity index (χ0v) is 10.6. The Bertz CT molecular complexity index is 243. The molecule has 0 aliphatic carbocycles. The molecule has 1 saturated heterocycles. The van der Waals surface area contributed by atoms with Gasteiger partial charge in [-0.25, -0.2) is 0 Å². The topological polar surface area (TPSA) is 58.8 Å². The van der Waals surface area contributed by atoms with E-state index in [4.69, 9.17) is 10.5 Å². The molecule has 1 amide bonds. The third-order valence-electron chi connectivity index (χ3n) is 3.06. The predicted molar refractivity (Wildman–Crippen MR) is 63.1 cm³/mol. The van der Waals surface area contributed by atoms with Crippen LogP contribution in [0.25, 0.3) is 0 Å². The van der Waals surface area contributed by atoms with Gasteiger partial charge in [0.1, 0.15) is 0 Å². The van der Waals surface area contributed by atoms with Crippen molar-refractivity contribution in [2.45, 2.75) is 32.0 Å². The second-order valence-electron chi connectivity index (χ2n) is 4.67. The first-order valence-electron chi connectivity index (χ1n) is 5.76. The van der Waals surface area contributed by atoms with Crippen molar-refractivity contribution in [1.29, 1.82) is 0 Å². The molecule has 3 unspecified atom stereocenters. The number of ether oxygens (including phenoxy) is 1. The third-order valence-corrected chi connectivity index (χ3v) is 3.06. The SMILES string of the molecule is CC(N)C1CN(C(C)C(=O)N(C)C)CCO1. The van der Waals surface area contributed by atoms with E-state index in [-0.39, 0.29) is 24.1 Å². The monoisotopic (exact) mass is 229 g/mol. The molecule has 0 saturated carbocycles. The molecule has 0 aromatic rings. The van der Waals surface area contributed by atoms with Gasteiger partial charge in [-0.05, 0) is 13.8 Å². The Morgan fingerprint density at radius 3 is 2.62 bits per heavy atom. The Hall–Kier alpha value is -0.650. The van der Waals surface area contributed by atoms with E-state index in [0.29, 0.717) is 6.61 Å². The number of carbonyl (C=O) groups is 1. The number of amides is 1. The summed E-state index contributed by atoms with van der Waals surface area (Å²) in [4.78, 5) is 15.6. The first-order valence-corrected chi connectivity index (χ1v) is 5.76. The van der Waals surface area contributed by atoms with E-state index in [0.717, 1.165) is 13.1 Å². The highest BCUT2D eigenvalue weighted by Gasteiger charge is 2.29. The standard InChI is InChI=1S/C11H23N3O2/c1-8(12)10-7-14(5-6-16-10)9(2)11(15)13(3)4/h8-10H,5-7,12H2,1-4H3. The maximum Gasteiger partial charge on any atom is 0.239 e. The fourth-order valence-corrected chi connectivity index (χ4v) is 1.90. The van der Waals surface area contributed by atoms with Crippen LogP contribution in [0, 0.1) is 0 Å². The third kappa shape index (κ3) is 3.17. The van der Waals surface area contributed by atoms with Gasteiger partial charge in [0.2, 0.25) is 5.91 Å². The van der Waals surface area contributed by atoms with Gasteiger partial charge in [0.05, 0.1) is 18.8 Å². The summed E-state index contributed by atoms with van der Waals surface area (Å²) in [5.41, 5.74) is 5.82. The largest absolute Gasteiger partial charge is 0.374 e. The van der Waals surface area contributed by atoms with E-state index in [1.807, 2.05) is 13.8 Å². The van der Waals surface area contributed by atoms with E-state index in [2.05, 4.69) is 4.90 Å². The summed E-state index contributed by atoms with van der Waals surface area (Å²) in [5, 5.41) is 0. The Balaban J connectivity index is 2.56. The fourth-order valence-electron chi connectivity index (χ4n) is 1.90. The zero-order chi connectivity index (χ0) is 12.3. The summed E-state index contributed by atoms with van der Waals surface area (Å²) in [6.45, 7) is 6.05. The number of carbonyl (C=O) groups excluding carboxylic acids is 1. The molecule has 2 N–H and O–H groups in total. The molecule has 0 aromatic carbocycles. The van der Waals surface area contributed by atoms with Gasteiger partial charge in [-0.2, -0.15) is 0 Å². The molecular weight excluding hydrogens is 206 g/mol. The quantitative estimate of drug-likeness (QED) is 0.709. The molecule has 1 aliphatic rings. The zero-order valence-electron chi connectivity index (χ0n) is 10.6. The number of nitrogens with zero attached hydrogens (tertiary/aromatic N) is 2. The van der Waals surface area contributed by atoms with Crippen molar-refractivity contribution in [3.63, 3.8) is 0 Å². The van der Waals surface area contributed by atoms with E-state index >= 15 is 0 Å². The summed E-state index contributed by atoms with van der Waals surface area (Å²) >= 11 is 0. The second-order valence-corrected chi connectivity index (χ2v) is 4.67. The highest BCUT2D eigenvalue weighted by atomic mass is 16.5. The van der Waals surface area contributed by atoms with Crippen molar-refractivity contribution in [2.24, 2.45) is 5.73 Å². The maximum absolute atomic E-state index is 11.8. The lowest BCUT2D eigenvalue weighted by Gasteiger charge is -2.38. The van der Waals surface area contributed by atoms with E-state index < -0.39 is 0 Å². The minimum absolute atomic E-state index is 0.00413. The lowest BCUT2D eigenvalue weighted by molar-refractivity contribution is -0.137. The number of morpholine rings is 1. The van der Waals surface area contributed by atoms with Crippen LogP contribution in [0.3, 0.4) is 0 Å². The van der Waals surface area contributed by atoms with Crippen LogP contribution in [0.2, 0.25) is 0 Å². The number of likely N-dealkylation sites (N-methyl/N-ethyl adjacent to an activating group) is 1. The van der Waals surface area contributed by atoms with Crippen LogP contribution in [0.1, 0.15) is 13.8 Å². The van der Waals surface area contributed by atoms with Crippen molar-refractivity contribution in [1.82, 2.24) is 9.80 Å². The van der Waals surface area contributed by atoms with Crippen LogP contribution in [-0.4, -0.2) is 67.7 Å². The van der Waals surface area contributed by atoms with Gasteiger partial charge in [0, 0.05) is 33.2 Å². The fraction of sp³-hybridized carbons (Fsp3) is 0.909. The summed E-state index contributed by atoms with van der Waals surface area (Å²) in [6, 6.07) is -0.0930. The molecule has 0 radical (unpaired) electrons. The van der Waals surface area contributed by atoms with Gasteiger partial charge >= 0.3 is 0 Å². The number of nitrogens with two attached hydrogens (primary N) is 1. The van der Waals surface area contributed by atoms with Crippen LogP contribution in [0.5, 0.6) is 0 Å². The van der Waals surface area contributed by atoms with Gasteiger partial charge in [0.15, 0.2) is 0 Å². The lowest BCUT2D eigenvalue weighted by atomic mass is 10.1. The van der Waals surface area contributed by atoms with Crippen LogP contribution in [-0.2, 0) is 9.53 Å². The summed E-state index contributed by atoms with van der Waals surface area (Å²) in [5.74, 6) is 0.130. The van der Waals surface area contributed by atoms with Crippen molar-refractivity contribution in [2.75, 3.05) is 33.8 Å². The highest BCUT2D eigenvalue weighted by Crippen LogP contribution is 2.12. The average Bonchev–Trinajstić information content (AvgIpc) is 2.27. The van der Waals surface area contributed by atoms with Gasteiger partial charge in [-0.3, -0.25) is 9.69 Å². The molecule has 94 valence electrons. The number of hydrogen-bond acceptors (Lipinski definition) is 4. The molecule has 1 fully saturated rings. The molecule has 1 heterocycles. The highest BCUT2D eigenvalue weighted by molar-refractivity contribution is 5.80. The summed E-state index contributed by atoms with van der Waals surface area (Å²) < 4.78 is 5.57. The minimum Gasteiger partial charge on any atom is -0.374 e. The predicted octanol–water partition coefficient (Wildman–Crippen LogP) is -0.489. The average molecular weight is 229 g/mol. The summed E-state index contributed by atoms with van der Waals surface area (Å²) in [6.07, 6.45) is 0.0335. The molecule has 5 heteroatoms. The first-order chi connectivity index (χ1) is 7.43.